The third kappa shape index (κ3) is 2.74. The van der Waals surface area contributed by atoms with E-state index in [1.54, 1.807) is 18.9 Å². The molecule has 4 rings (SSSR count). The van der Waals surface area contributed by atoms with E-state index in [1.165, 1.54) is 0 Å². The van der Waals surface area contributed by atoms with Gasteiger partial charge in [0.15, 0.2) is 5.82 Å². The summed E-state index contributed by atoms with van der Waals surface area (Å²) in [6, 6.07) is 16.3. The number of benzene rings is 2. The number of rotatable bonds is 5. The predicted molar refractivity (Wildman–Crippen MR) is 94.0 cm³/mol. The highest BCUT2D eigenvalue weighted by Gasteiger charge is 2.15. The fraction of sp³-hybridized carbons (Fsp3) is 0.118. The number of hydrogen-bond acceptors (Lipinski definition) is 5. The van der Waals surface area contributed by atoms with Crippen molar-refractivity contribution >= 4 is 22.7 Å². The Bertz CT molecular complexity index is 950. The third-order valence-corrected chi connectivity index (χ3v) is 4.87. The molecule has 0 aliphatic rings. The summed E-state index contributed by atoms with van der Waals surface area (Å²) < 4.78 is 5.38. The standard InChI is InChI=1S/C17H15N5OS/c1-23-12-7-8-14-13(9-12)17(24-10-15-19-21-22-20-15)16(18-14)11-5-3-2-4-6-11/h2-9,18H,10H2,1H3,(H,19,20,21,22). The van der Waals surface area contributed by atoms with E-state index in [-0.39, 0.29) is 0 Å². The molecule has 24 heavy (non-hydrogen) atoms. The molecule has 0 spiro atoms. The Hall–Kier alpha value is -2.80. The number of ether oxygens (including phenoxy) is 1. The zero-order valence-corrected chi connectivity index (χ0v) is 13.8. The van der Waals surface area contributed by atoms with Crippen LogP contribution in [0.5, 0.6) is 5.75 Å². The number of fused-ring (bicyclic) bond motifs is 1. The number of nitrogens with one attached hydrogen (secondary N) is 2. The van der Waals surface area contributed by atoms with E-state index < -0.39 is 0 Å². The molecule has 7 heteroatoms. The van der Waals surface area contributed by atoms with Gasteiger partial charge in [0, 0.05) is 15.8 Å². The summed E-state index contributed by atoms with van der Waals surface area (Å²) in [7, 11) is 1.68. The van der Waals surface area contributed by atoms with Gasteiger partial charge >= 0.3 is 0 Å². The van der Waals surface area contributed by atoms with Crippen LogP contribution in [0, 0.1) is 0 Å². The highest BCUT2D eigenvalue weighted by Crippen LogP contribution is 2.39. The van der Waals surface area contributed by atoms with Crippen molar-refractivity contribution in [1.82, 2.24) is 25.6 Å². The second-order valence-corrected chi connectivity index (χ2v) is 6.21. The summed E-state index contributed by atoms with van der Waals surface area (Å²) in [6.07, 6.45) is 0. The molecule has 0 unspecified atom stereocenters. The zero-order chi connectivity index (χ0) is 16.4. The fourth-order valence-electron chi connectivity index (χ4n) is 2.61. The van der Waals surface area contributed by atoms with Crippen molar-refractivity contribution in [1.29, 1.82) is 0 Å². The highest BCUT2D eigenvalue weighted by atomic mass is 32.2. The van der Waals surface area contributed by atoms with Gasteiger partial charge in [0.05, 0.1) is 18.6 Å². The van der Waals surface area contributed by atoms with Crippen molar-refractivity contribution in [2.24, 2.45) is 0 Å². The number of aromatic amines is 2. The first kappa shape index (κ1) is 14.8. The van der Waals surface area contributed by atoms with Gasteiger partial charge in [-0.2, -0.15) is 5.21 Å². The van der Waals surface area contributed by atoms with Gasteiger partial charge in [-0.15, -0.1) is 22.0 Å². The lowest BCUT2D eigenvalue weighted by atomic mass is 10.1. The van der Waals surface area contributed by atoms with Gasteiger partial charge in [-0.05, 0) is 23.8 Å². The first-order valence-corrected chi connectivity index (χ1v) is 8.44. The van der Waals surface area contributed by atoms with Crippen LogP contribution < -0.4 is 4.74 Å². The maximum atomic E-state index is 5.38. The molecule has 0 radical (unpaired) electrons. The Morgan fingerprint density at radius 1 is 1.12 bits per heavy atom. The van der Waals surface area contributed by atoms with Gasteiger partial charge in [0.2, 0.25) is 0 Å². The molecular formula is C17H15N5OS. The second-order valence-electron chi connectivity index (χ2n) is 5.22. The lowest BCUT2D eigenvalue weighted by molar-refractivity contribution is 0.415. The van der Waals surface area contributed by atoms with Crippen LogP contribution in [-0.4, -0.2) is 32.7 Å². The Morgan fingerprint density at radius 3 is 2.75 bits per heavy atom. The van der Waals surface area contributed by atoms with Gasteiger partial charge in [-0.1, -0.05) is 35.5 Å². The van der Waals surface area contributed by atoms with E-state index >= 15 is 0 Å². The van der Waals surface area contributed by atoms with Crippen molar-refractivity contribution in [3.05, 3.63) is 54.4 Å². The van der Waals surface area contributed by atoms with E-state index in [1.807, 2.05) is 30.3 Å². The molecule has 0 amide bonds. The summed E-state index contributed by atoms with van der Waals surface area (Å²) in [6.45, 7) is 0. The van der Waals surface area contributed by atoms with Gasteiger partial charge in [0.1, 0.15) is 5.75 Å². The summed E-state index contributed by atoms with van der Waals surface area (Å²) in [5, 5.41) is 15.3. The average Bonchev–Trinajstić information content (AvgIpc) is 3.27. The first-order valence-electron chi connectivity index (χ1n) is 7.45. The Kier molecular flexibility index (Phi) is 3.92. The minimum Gasteiger partial charge on any atom is -0.497 e. The van der Waals surface area contributed by atoms with Gasteiger partial charge in [-0.3, -0.25) is 0 Å². The minimum absolute atomic E-state index is 0.639. The minimum atomic E-state index is 0.639. The number of nitrogens with zero attached hydrogens (tertiary/aromatic N) is 3. The fourth-order valence-corrected chi connectivity index (χ4v) is 3.65. The smallest absolute Gasteiger partial charge is 0.184 e. The maximum Gasteiger partial charge on any atom is 0.184 e. The van der Waals surface area contributed by atoms with Crippen molar-refractivity contribution in [2.75, 3.05) is 7.11 Å². The molecule has 0 saturated carbocycles. The van der Waals surface area contributed by atoms with Gasteiger partial charge in [-0.25, -0.2) is 0 Å². The van der Waals surface area contributed by atoms with Crippen LogP contribution in [0.25, 0.3) is 22.2 Å². The van der Waals surface area contributed by atoms with Crippen molar-refractivity contribution in [3.8, 4) is 17.0 Å². The van der Waals surface area contributed by atoms with E-state index in [0.717, 1.165) is 32.8 Å². The summed E-state index contributed by atoms with van der Waals surface area (Å²) in [4.78, 5) is 4.67. The molecule has 120 valence electrons. The summed E-state index contributed by atoms with van der Waals surface area (Å²) in [5.74, 6) is 2.15. The zero-order valence-electron chi connectivity index (χ0n) is 13.0. The number of methoxy groups -OCH3 is 1. The lowest BCUT2D eigenvalue weighted by Crippen LogP contribution is -1.86. The van der Waals surface area contributed by atoms with Gasteiger partial charge < -0.3 is 9.72 Å². The van der Waals surface area contributed by atoms with E-state index in [9.17, 15) is 0 Å². The quantitative estimate of drug-likeness (QED) is 0.543. The van der Waals surface area contributed by atoms with Crippen LogP contribution in [0.4, 0.5) is 0 Å². The highest BCUT2D eigenvalue weighted by molar-refractivity contribution is 7.98. The lowest BCUT2D eigenvalue weighted by Gasteiger charge is -2.04. The van der Waals surface area contributed by atoms with Crippen LogP contribution in [0.15, 0.2) is 53.4 Å². The summed E-state index contributed by atoms with van der Waals surface area (Å²) >= 11 is 1.68. The van der Waals surface area contributed by atoms with Crippen molar-refractivity contribution in [2.45, 2.75) is 10.6 Å². The van der Waals surface area contributed by atoms with Crippen LogP contribution in [0.1, 0.15) is 5.82 Å². The molecule has 2 N–H and O–H groups in total. The van der Waals surface area contributed by atoms with E-state index in [0.29, 0.717) is 11.6 Å². The molecule has 2 aromatic heterocycles. The molecule has 6 nitrogen and oxygen atoms in total. The Balaban J connectivity index is 1.82. The van der Waals surface area contributed by atoms with Crippen molar-refractivity contribution in [3.63, 3.8) is 0 Å². The van der Waals surface area contributed by atoms with Crippen LogP contribution in [0.2, 0.25) is 0 Å². The monoisotopic (exact) mass is 337 g/mol. The number of tetrazole rings is 1. The predicted octanol–water partition coefficient (Wildman–Crippen LogP) is 3.65. The molecular weight excluding hydrogens is 322 g/mol. The van der Waals surface area contributed by atoms with E-state index in [4.69, 9.17) is 4.74 Å². The largest absolute Gasteiger partial charge is 0.497 e. The maximum absolute atomic E-state index is 5.38. The molecule has 2 aromatic carbocycles. The topological polar surface area (TPSA) is 79.5 Å². The molecule has 0 bridgehead atoms. The van der Waals surface area contributed by atoms with Crippen LogP contribution in [0.3, 0.4) is 0 Å². The molecule has 4 aromatic rings. The summed E-state index contributed by atoms with van der Waals surface area (Å²) in [5.41, 5.74) is 3.31. The molecule has 0 atom stereocenters. The molecule has 0 aliphatic heterocycles. The van der Waals surface area contributed by atoms with Crippen molar-refractivity contribution < 1.29 is 4.74 Å². The number of H-pyrrole nitrogens is 2. The SMILES string of the molecule is COc1ccc2[nH]c(-c3ccccc3)c(SCc3nn[nH]n3)c2c1. The first-order chi connectivity index (χ1) is 11.8. The third-order valence-electron chi connectivity index (χ3n) is 3.76. The van der Waals surface area contributed by atoms with E-state index in [2.05, 4.69) is 43.8 Å². The molecule has 0 aliphatic carbocycles. The molecule has 0 fully saturated rings. The average molecular weight is 337 g/mol. The second kappa shape index (κ2) is 6.37. The number of hydrogen-bond donors (Lipinski definition) is 2. The van der Waals surface area contributed by atoms with Crippen LogP contribution >= 0.6 is 11.8 Å². The van der Waals surface area contributed by atoms with Crippen LogP contribution in [-0.2, 0) is 5.75 Å². The molecule has 2 heterocycles. The Labute approximate surface area is 142 Å². The normalized spacial score (nSPS) is 11.0. The molecule has 0 saturated heterocycles. The Morgan fingerprint density at radius 2 is 2.00 bits per heavy atom. The number of aromatic nitrogens is 5. The number of thioether (sulfide) groups is 1. The van der Waals surface area contributed by atoms with Gasteiger partial charge in [0.25, 0.3) is 0 Å².